The molecule has 2 aromatic rings. The number of nitrogens with one attached hydrogen (secondary N) is 2. The van der Waals surface area contributed by atoms with Crippen LogP contribution in [0.25, 0.3) is 0 Å². The molecule has 27 heavy (non-hydrogen) atoms. The highest BCUT2D eigenvalue weighted by molar-refractivity contribution is 7.11. The molecule has 2 N–H and O–H groups in total. The van der Waals surface area contributed by atoms with Crippen molar-refractivity contribution in [2.45, 2.75) is 44.3 Å². The molecule has 1 aliphatic rings. The lowest BCUT2D eigenvalue weighted by Gasteiger charge is -2.20. The van der Waals surface area contributed by atoms with E-state index >= 15 is 0 Å². The number of aromatic nitrogens is 1. The number of benzene rings is 1. The molecule has 0 amide bonds. The van der Waals surface area contributed by atoms with Gasteiger partial charge in [0.2, 0.25) is 0 Å². The van der Waals surface area contributed by atoms with E-state index in [4.69, 9.17) is 0 Å². The fourth-order valence-electron chi connectivity index (χ4n) is 2.97. The van der Waals surface area contributed by atoms with E-state index in [1.54, 1.807) is 24.5 Å². The number of thiazole rings is 1. The van der Waals surface area contributed by atoms with Gasteiger partial charge in [0.1, 0.15) is 5.01 Å². The summed E-state index contributed by atoms with van der Waals surface area (Å²) in [5.74, 6) is 0.626. The van der Waals surface area contributed by atoms with Crippen LogP contribution in [0.1, 0.15) is 40.8 Å². The Morgan fingerprint density at radius 3 is 2.67 bits per heavy atom. The third-order valence-corrected chi connectivity index (χ3v) is 5.97. The molecule has 0 unspecified atom stereocenters. The van der Waals surface area contributed by atoms with Gasteiger partial charge in [-0.2, -0.15) is 13.2 Å². The Morgan fingerprint density at radius 1 is 1.30 bits per heavy atom. The van der Waals surface area contributed by atoms with Crippen LogP contribution in [0, 0.1) is 0 Å². The second kappa shape index (κ2) is 7.88. The van der Waals surface area contributed by atoms with Crippen molar-refractivity contribution in [3.63, 3.8) is 0 Å². The Bertz CT molecular complexity index is 809. The summed E-state index contributed by atoms with van der Waals surface area (Å²) in [6, 6.07) is 5.65. The lowest BCUT2D eigenvalue weighted by atomic mass is 9.94. The van der Waals surface area contributed by atoms with Crippen LogP contribution in [-0.4, -0.2) is 24.5 Å². The maximum absolute atomic E-state index is 13.0. The molecule has 8 heteroatoms. The molecule has 1 aromatic heterocycles. The van der Waals surface area contributed by atoms with Crippen LogP contribution in [-0.2, 0) is 24.6 Å². The number of nitrogens with zero attached hydrogens (tertiary/aromatic N) is 2. The molecule has 1 saturated carbocycles. The molecule has 0 radical (unpaired) electrons. The summed E-state index contributed by atoms with van der Waals surface area (Å²) in [7, 11) is 1.68. The van der Waals surface area contributed by atoms with Crippen molar-refractivity contribution in [3.05, 3.63) is 51.5 Å². The van der Waals surface area contributed by atoms with Crippen molar-refractivity contribution < 1.29 is 13.2 Å². The quantitative estimate of drug-likeness (QED) is 0.570. The Kier molecular flexibility index (Phi) is 5.74. The Morgan fingerprint density at radius 2 is 2.07 bits per heavy atom. The summed E-state index contributed by atoms with van der Waals surface area (Å²) in [6.07, 6.45) is 0.256. The molecule has 0 atom stereocenters. The molecule has 1 aliphatic carbocycles. The maximum atomic E-state index is 13.0. The minimum Gasteiger partial charge on any atom is -0.356 e. The summed E-state index contributed by atoms with van der Waals surface area (Å²) >= 11 is 1.66. The van der Waals surface area contributed by atoms with Gasteiger partial charge in [0.15, 0.2) is 5.96 Å². The summed E-state index contributed by atoms with van der Waals surface area (Å²) in [5, 5.41) is 7.45. The van der Waals surface area contributed by atoms with E-state index in [2.05, 4.69) is 27.5 Å². The SMILES string of the molecule is CCc1cnc(CNC(=NC)NCC2(c3cccc(C(F)(F)F)c3)CC2)s1. The molecule has 0 saturated heterocycles. The van der Waals surface area contributed by atoms with Gasteiger partial charge in [-0.3, -0.25) is 4.99 Å². The number of alkyl halides is 3. The molecular formula is C19H23F3N4S. The number of aryl methyl sites for hydroxylation is 1. The number of hydrogen-bond acceptors (Lipinski definition) is 3. The first-order valence-corrected chi connectivity index (χ1v) is 9.74. The first-order valence-electron chi connectivity index (χ1n) is 8.92. The Hall–Kier alpha value is -2.09. The van der Waals surface area contributed by atoms with Gasteiger partial charge < -0.3 is 10.6 Å². The fourth-order valence-corrected chi connectivity index (χ4v) is 3.77. The molecule has 146 valence electrons. The normalized spacial score (nSPS) is 16.3. The van der Waals surface area contributed by atoms with Crippen LogP contribution in [0.2, 0.25) is 0 Å². The maximum Gasteiger partial charge on any atom is 0.416 e. The average molecular weight is 396 g/mol. The predicted octanol–water partition coefficient (Wildman–Crippen LogP) is 4.12. The van der Waals surface area contributed by atoms with E-state index in [9.17, 15) is 13.2 Å². The van der Waals surface area contributed by atoms with Gasteiger partial charge in [-0.05, 0) is 30.9 Å². The first-order chi connectivity index (χ1) is 12.9. The minimum atomic E-state index is -4.32. The van der Waals surface area contributed by atoms with Gasteiger partial charge in [-0.15, -0.1) is 11.3 Å². The van der Waals surface area contributed by atoms with Crippen molar-refractivity contribution >= 4 is 17.3 Å². The zero-order chi connectivity index (χ0) is 19.5. The Labute approximate surface area is 160 Å². The van der Waals surface area contributed by atoms with Crippen LogP contribution in [0.4, 0.5) is 13.2 Å². The molecule has 0 spiro atoms. The molecule has 1 heterocycles. The second-order valence-corrected chi connectivity index (χ2v) is 7.91. The van der Waals surface area contributed by atoms with Crippen molar-refractivity contribution in [3.8, 4) is 0 Å². The third kappa shape index (κ3) is 4.80. The van der Waals surface area contributed by atoms with E-state index in [-0.39, 0.29) is 5.41 Å². The van der Waals surface area contributed by atoms with Crippen molar-refractivity contribution in [2.24, 2.45) is 4.99 Å². The number of aliphatic imine (C=N–C) groups is 1. The van der Waals surface area contributed by atoms with E-state index < -0.39 is 11.7 Å². The van der Waals surface area contributed by atoms with E-state index in [0.29, 0.717) is 19.0 Å². The van der Waals surface area contributed by atoms with E-state index in [1.165, 1.54) is 17.0 Å². The summed E-state index contributed by atoms with van der Waals surface area (Å²) in [4.78, 5) is 9.80. The number of rotatable bonds is 6. The third-order valence-electron chi connectivity index (χ3n) is 4.83. The zero-order valence-electron chi connectivity index (χ0n) is 15.4. The van der Waals surface area contributed by atoms with Crippen LogP contribution in [0.5, 0.6) is 0 Å². The van der Waals surface area contributed by atoms with Gasteiger partial charge in [0.05, 0.1) is 12.1 Å². The van der Waals surface area contributed by atoms with Gasteiger partial charge >= 0.3 is 6.18 Å². The molecule has 3 rings (SSSR count). The number of halogens is 3. The zero-order valence-corrected chi connectivity index (χ0v) is 16.2. The highest BCUT2D eigenvalue weighted by Gasteiger charge is 2.45. The minimum absolute atomic E-state index is 0.255. The van der Waals surface area contributed by atoms with E-state index in [1.807, 2.05) is 6.20 Å². The highest BCUT2D eigenvalue weighted by Crippen LogP contribution is 2.48. The lowest BCUT2D eigenvalue weighted by molar-refractivity contribution is -0.137. The van der Waals surface area contributed by atoms with Crippen molar-refractivity contribution in [1.29, 1.82) is 0 Å². The Balaban J connectivity index is 1.59. The van der Waals surface area contributed by atoms with Crippen LogP contribution >= 0.6 is 11.3 Å². The molecule has 0 bridgehead atoms. The molecule has 4 nitrogen and oxygen atoms in total. The molecule has 1 fully saturated rings. The predicted molar refractivity (Wildman–Crippen MR) is 102 cm³/mol. The molecule has 0 aliphatic heterocycles. The fraction of sp³-hybridized carbons (Fsp3) is 0.474. The van der Waals surface area contributed by atoms with Crippen LogP contribution in [0.3, 0.4) is 0 Å². The van der Waals surface area contributed by atoms with Gasteiger partial charge in [-0.25, -0.2) is 4.98 Å². The summed E-state index contributed by atoms with van der Waals surface area (Å²) < 4.78 is 39.0. The second-order valence-electron chi connectivity index (χ2n) is 6.71. The monoisotopic (exact) mass is 396 g/mol. The topological polar surface area (TPSA) is 49.3 Å². The lowest BCUT2D eigenvalue weighted by Crippen LogP contribution is -2.40. The largest absolute Gasteiger partial charge is 0.416 e. The number of guanidine groups is 1. The van der Waals surface area contributed by atoms with Crippen molar-refractivity contribution in [1.82, 2.24) is 15.6 Å². The summed E-state index contributed by atoms with van der Waals surface area (Å²) in [6.45, 7) is 3.21. The first kappa shape index (κ1) is 19.7. The number of hydrogen-bond donors (Lipinski definition) is 2. The van der Waals surface area contributed by atoms with E-state index in [0.717, 1.165) is 35.9 Å². The van der Waals surface area contributed by atoms with Crippen molar-refractivity contribution in [2.75, 3.05) is 13.6 Å². The smallest absolute Gasteiger partial charge is 0.356 e. The van der Waals surface area contributed by atoms with Gasteiger partial charge in [0, 0.05) is 30.1 Å². The standard InChI is InChI=1S/C19H23F3N4S/c1-3-15-10-24-16(27-15)11-25-17(23-2)26-12-18(7-8-18)13-5-4-6-14(9-13)19(20,21)22/h4-6,9-10H,3,7-8,11-12H2,1-2H3,(H2,23,25,26). The van der Waals surface area contributed by atoms with Crippen LogP contribution in [0.15, 0.2) is 35.5 Å². The molecular weight excluding hydrogens is 373 g/mol. The highest BCUT2D eigenvalue weighted by atomic mass is 32.1. The van der Waals surface area contributed by atoms with Gasteiger partial charge in [-0.1, -0.05) is 25.1 Å². The summed E-state index contributed by atoms with van der Waals surface area (Å²) in [5.41, 5.74) is -0.118. The van der Waals surface area contributed by atoms with Gasteiger partial charge in [0.25, 0.3) is 0 Å². The molecule has 1 aromatic carbocycles. The van der Waals surface area contributed by atoms with Crippen LogP contribution < -0.4 is 10.6 Å². The average Bonchev–Trinajstić information content (AvgIpc) is 3.31.